The monoisotopic (exact) mass is 1050 g/mol. The minimum Gasteiger partial charge on any atom is -0.322 e. The molecule has 0 atom stereocenters. The van der Waals surface area contributed by atoms with Gasteiger partial charge in [-0.2, -0.15) is 127 Å². The second-order valence-electron chi connectivity index (χ2n) is 19.3. The molecule has 0 amide bonds. The fraction of sp³-hybridized carbons (Fsp3) is 0.455. The molecule has 4 rings (SSSR count). The number of quaternary nitrogens is 1. The van der Waals surface area contributed by atoms with Crippen molar-refractivity contribution >= 4 is 28.0 Å². The van der Waals surface area contributed by atoms with Crippen molar-refractivity contribution in [1.29, 1.82) is 0 Å². The Balaban J connectivity index is 0.000000869. The van der Waals surface area contributed by atoms with Crippen LogP contribution in [0.25, 0.3) is 0 Å². The molecule has 0 heterocycles. The van der Waals surface area contributed by atoms with Crippen LogP contribution in [0.5, 0.6) is 0 Å². The van der Waals surface area contributed by atoms with Gasteiger partial charge in [0.15, 0.2) is 0 Å². The van der Waals surface area contributed by atoms with Gasteiger partial charge in [-0.25, -0.2) is 0 Å². The van der Waals surface area contributed by atoms with Crippen LogP contribution in [-0.2, 0) is 49.4 Å². The number of rotatable bonds is 4. The Morgan fingerprint density at radius 3 is 0.414 bits per heavy atom. The topological polar surface area (TPSA) is 4.44 Å². The van der Waals surface area contributed by atoms with Crippen LogP contribution in [0.4, 0.5) is 105 Å². The first-order chi connectivity index (χ1) is 30.6. The molecule has 0 bridgehead atoms. The maximum absolute atomic E-state index is 14.2. The molecule has 26 heteroatoms. The first kappa shape index (κ1) is 59.5. The van der Waals surface area contributed by atoms with Crippen molar-refractivity contribution in [2.75, 3.05) is 0 Å². The molecular formula is C44H40BF24N. The third kappa shape index (κ3) is 13.8. The molecule has 0 saturated heterocycles. The molecule has 0 aliphatic carbocycles. The zero-order valence-electron chi connectivity index (χ0n) is 37.6. The summed E-state index contributed by atoms with van der Waals surface area (Å²) in [6.07, 6.45) is -54.8. The molecule has 0 aliphatic heterocycles. The summed E-state index contributed by atoms with van der Waals surface area (Å²) in [6, 6.07) is -8.81. The highest BCUT2D eigenvalue weighted by Gasteiger charge is 2.48. The van der Waals surface area contributed by atoms with Gasteiger partial charge in [0.1, 0.15) is 6.15 Å². The summed E-state index contributed by atoms with van der Waals surface area (Å²) >= 11 is 0. The van der Waals surface area contributed by atoms with Crippen LogP contribution in [0.3, 0.4) is 0 Å². The molecule has 4 aromatic carbocycles. The quantitative estimate of drug-likeness (QED) is 0.153. The van der Waals surface area contributed by atoms with Gasteiger partial charge in [-0.15, -0.1) is 0 Å². The van der Waals surface area contributed by atoms with Crippen LogP contribution in [0.2, 0.25) is 0 Å². The van der Waals surface area contributed by atoms with E-state index in [4.69, 9.17) is 0 Å². The lowest BCUT2D eigenvalue weighted by Gasteiger charge is -2.49. The molecule has 0 radical (unpaired) electrons. The normalized spacial score (nSPS) is 14.5. The van der Waals surface area contributed by atoms with E-state index in [-0.39, 0.29) is 0 Å². The first-order valence-electron chi connectivity index (χ1n) is 19.9. The second kappa shape index (κ2) is 18.4. The molecule has 0 saturated carbocycles. The van der Waals surface area contributed by atoms with Gasteiger partial charge in [0.2, 0.25) is 0 Å². The number of benzene rings is 4. The number of alkyl halides is 24. The molecule has 4 aromatic rings. The summed E-state index contributed by atoms with van der Waals surface area (Å²) in [6.45, 7) is 20.9. The SMILES string of the molecule is CC(C)(C)[NH+](C(C)(C)C)C(C)(C)C.FC(F)(F)c1cc([B-](c2cc(C(F)(F)F)cc(C(F)(F)F)c2)(c2cc(C(F)(F)F)cc(C(F)(F)F)c2)c2cc(C(F)(F)F)cc(C(F)(F)F)c2)cc(C(F)(F)F)c1. The lowest BCUT2D eigenvalue weighted by molar-refractivity contribution is -1.03. The molecule has 1 N–H and O–H groups in total. The van der Waals surface area contributed by atoms with Crippen LogP contribution in [0, 0.1) is 0 Å². The fourth-order valence-electron chi connectivity index (χ4n) is 9.45. The molecule has 70 heavy (non-hydrogen) atoms. The summed E-state index contributed by atoms with van der Waals surface area (Å²) in [5.41, 5.74) is -29.3. The third-order valence-electron chi connectivity index (χ3n) is 10.7. The van der Waals surface area contributed by atoms with Crippen LogP contribution in [0.1, 0.15) is 107 Å². The Bertz CT molecular complexity index is 2020. The standard InChI is InChI=1S/C32H12BF24.C12H27N/c34-25(35,36)13-1-14(26(37,38)39)6-21(5-13)33(22-7-15(27(40,41)42)2-16(8-22)28(43,44)45,23-9-17(29(46,47)48)3-18(10-23)30(49,50)51)24-11-19(31(52,53)54)4-20(12-24)32(55,56)57;1-10(2,3)13(11(4,5)6)12(7,8)9/h1-12H;1-9H3/q-1;/p+1. The van der Waals surface area contributed by atoms with Crippen LogP contribution in [-0.4, -0.2) is 22.8 Å². The Hall–Kier alpha value is -4.78. The average Bonchev–Trinajstić information content (AvgIpc) is 3.10. The molecular weight excluding hydrogens is 1010 g/mol. The summed E-state index contributed by atoms with van der Waals surface area (Å²) in [4.78, 5) is 1.65. The van der Waals surface area contributed by atoms with Gasteiger partial charge in [-0.05, 0) is 86.6 Å². The summed E-state index contributed by atoms with van der Waals surface area (Å²) in [5.74, 6) is 0. The maximum atomic E-state index is 14.2. The van der Waals surface area contributed by atoms with Crippen molar-refractivity contribution in [2.45, 2.75) is 128 Å². The lowest BCUT2D eigenvalue weighted by Crippen LogP contribution is -3.30. The van der Waals surface area contributed by atoms with E-state index in [1.54, 1.807) is 4.90 Å². The Labute approximate surface area is 383 Å². The first-order valence-corrected chi connectivity index (χ1v) is 19.9. The largest absolute Gasteiger partial charge is 0.416 e. The van der Waals surface area contributed by atoms with E-state index in [2.05, 4.69) is 62.3 Å². The lowest BCUT2D eigenvalue weighted by atomic mass is 9.12. The smallest absolute Gasteiger partial charge is 0.322 e. The zero-order chi connectivity index (χ0) is 55.0. The predicted octanol–water partition coefficient (Wildman–Crippen LogP) is 13.5. The number of halogens is 24. The molecule has 392 valence electrons. The highest BCUT2D eigenvalue weighted by atomic mass is 19.4. The van der Waals surface area contributed by atoms with Gasteiger partial charge in [-0.1, -0.05) is 48.5 Å². The molecule has 0 aliphatic rings. The van der Waals surface area contributed by atoms with Gasteiger partial charge in [-0.3, -0.25) is 0 Å². The number of hydrogen-bond donors (Lipinski definition) is 1. The zero-order valence-corrected chi connectivity index (χ0v) is 37.6. The third-order valence-corrected chi connectivity index (χ3v) is 10.7. The Kier molecular flexibility index (Phi) is 15.6. The highest BCUT2D eigenvalue weighted by molar-refractivity contribution is 7.20. The van der Waals surface area contributed by atoms with Crippen LogP contribution in [0.15, 0.2) is 72.8 Å². The van der Waals surface area contributed by atoms with E-state index < -0.39 is 195 Å². The van der Waals surface area contributed by atoms with Crippen molar-refractivity contribution in [1.82, 2.24) is 0 Å². The van der Waals surface area contributed by atoms with E-state index in [0.29, 0.717) is 16.6 Å². The second-order valence-corrected chi connectivity index (χ2v) is 19.3. The maximum Gasteiger partial charge on any atom is 0.416 e. The van der Waals surface area contributed by atoms with Gasteiger partial charge in [0.25, 0.3) is 0 Å². The van der Waals surface area contributed by atoms with Gasteiger partial charge < -0.3 is 4.90 Å². The van der Waals surface area contributed by atoms with E-state index in [9.17, 15) is 105 Å². The predicted molar refractivity (Wildman–Crippen MR) is 210 cm³/mol. The minimum absolute atomic E-state index is 0.302. The van der Waals surface area contributed by atoms with Crippen molar-refractivity contribution in [3.63, 3.8) is 0 Å². The average molecular weight is 1050 g/mol. The van der Waals surface area contributed by atoms with Crippen molar-refractivity contribution < 1.29 is 110 Å². The molecule has 0 spiro atoms. The Morgan fingerprint density at radius 1 is 0.229 bits per heavy atom. The van der Waals surface area contributed by atoms with E-state index in [1.165, 1.54) is 0 Å². The van der Waals surface area contributed by atoms with E-state index in [1.807, 2.05) is 0 Å². The van der Waals surface area contributed by atoms with Crippen molar-refractivity contribution in [3.8, 4) is 0 Å². The number of nitrogens with one attached hydrogen (secondary N) is 1. The van der Waals surface area contributed by atoms with Crippen molar-refractivity contribution in [2.24, 2.45) is 0 Å². The van der Waals surface area contributed by atoms with Crippen LogP contribution < -0.4 is 26.8 Å². The fourth-order valence-corrected chi connectivity index (χ4v) is 9.45. The van der Waals surface area contributed by atoms with Gasteiger partial charge in [0.05, 0.1) is 61.1 Å². The van der Waals surface area contributed by atoms with Gasteiger partial charge >= 0.3 is 49.4 Å². The summed E-state index contributed by atoms with van der Waals surface area (Å²) in [7, 11) is 0. The van der Waals surface area contributed by atoms with E-state index >= 15 is 0 Å². The molecule has 1 nitrogen and oxygen atoms in total. The van der Waals surface area contributed by atoms with Crippen LogP contribution >= 0.6 is 0 Å². The minimum atomic E-state index is -6.13. The van der Waals surface area contributed by atoms with Gasteiger partial charge in [0, 0.05) is 0 Å². The Morgan fingerprint density at radius 2 is 0.343 bits per heavy atom. The number of hydrogen-bond acceptors (Lipinski definition) is 0. The summed E-state index contributed by atoms with van der Waals surface area (Å²) < 4.78 is 341. The molecule has 0 fully saturated rings. The van der Waals surface area contributed by atoms with E-state index in [0.717, 1.165) is 0 Å². The molecule has 0 unspecified atom stereocenters. The summed E-state index contributed by atoms with van der Waals surface area (Å²) in [5, 5.41) is 0. The van der Waals surface area contributed by atoms with Crippen molar-refractivity contribution in [3.05, 3.63) is 117 Å². The highest BCUT2D eigenvalue weighted by Crippen LogP contribution is 2.41. The molecule has 0 aromatic heterocycles.